The molecule has 0 saturated carbocycles. The van der Waals surface area contributed by atoms with E-state index in [9.17, 15) is 27.2 Å². The highest BCUT2D eigenvalue weighted by molar-refractivity contribution is 5.92. The molecule has 0 spiro atoms. The van der Waals surface area contributed by atoms with E-state index in [1.807, 2.05) is 0 Å². The van der Waals surface area contributed by atoms with Gasteiger partial charge in [-0.1, -0.05) is 12.1 Å². The van der Waals surface area contributed by atoms with Crippen LogP contribution in [0.15, 0.2) is 65.5 Å². The van der Waals surface area contributed by atoms with Crippen molar-refractivity contribution in [3.63, 3.8) is 0 Å². The maximum Gasteiger partial charge on any atom is 0.573 e. The molecule has 1 aliphatic heterocycles. The average molecular weight is 476 g/mol. The van der Waals surface area contributed by atoms with Gasteiger partial charge in [-0.2, -0.15) is 9.78 Å². The number of alkyl halides is 3. The van der Waals surface area contributed by atoms with Crippen LogP contribution in [-0.4, -0.2) is 58.0 Å². The van der Waals surface area contributed by atoms with Crippen molar-refractivity contribution in [3.05, 3.63) is 88.1 Å². The number of hydrogen-bond donors (Lipinski definition) is 0. The van der Waals surface area contributed by atoms with Crippen LogP contribution in [0.2, 0.25) is 0 Å². The molecule has 0 aliphatic carbocycles. The molecule has 7 nitrogen and oxygen atoms in total. The molecule has 2 aromatic carbocycles. The largest absolute Gasteiger partial charge is 0.573 e. The summed E-state index contributed by atoms with van der Waals surface area (Å²) in [5, 5.41) is 4.15. The normalized spacial score (nSPS) is 14.8. The van der Waals surface area contributed by atoms with Crippen LogP contribution in [0.4, 0.5) is 17.6 Å². The van der Waals surface area contributed by atoms with Crippen molar-refractivity contribution in [1.29, 1.82) is 0 Å². The first kappa shape index (κ1) is 23.4. The summed E-state index contributed by atoms with van der Waals surface area (Å²) in [4.78, 5) is 28.8. The molecule has 0 atom stereocenters. The van der Waals surface area contributed by atoms with Gasteiger partial charge in [-0.15, -0.1) is 13.2 Å². The van der Waals surface area contributed by atoms with Crippen LogP contribution in [-0.2, 0) is 6.54 Å². The second-order valence-corrected chi connectivity index (χ2v) is 7.71. The van der Waals surface area contributed by atoms with E-state index in [1.54, 1.807) is 17.0 Å². The Morgan fingerprint density at radius 2 is 1.56 bits per heavy atom. The minimum atomic E-state index is -4.73. The molecule has 0 radical (unpaired) electrons. The lowest BCUT2D eigenvalue weighted by molar-refractivity contribution is -0.274. The summed E-state index contributed by atoms with van der Waals surface area (Å²) < 4.78 is 55.0. The first-order valence-corrected chi connectivity index (χ1v) is 10.4. The number of rotatable bonds is 5. The van der Waals surface area contributed by atoms with E-state index in [1.165, 1.54) is 48.5 Å². The first-order chi connectivity index (χ1) is 16.2. The maximum absolute atomic E-state index is 13.2. The van der Waals surface area contributed by atoms with E-state index in [-0.39, 0.29) is 17.4 Å². The molecule has 1 aliphatic rings. The molecule has 1 amide bonds. The number of piperazine rings is 1. The Morgan fingerprint density at radius 1 is 0.912 bits per heavy atom. The molecule has 1 saturated heterocycles. The number of halogens is 4. The van der Waals surface area contributed by atoms with Crippen LogP contribution in [0.3, 0.4) is 0 Å². The minimum Gasteiger partial charge on any atom is -0.406 e. The van der Waals surface area contributed by atoms with Gasteiger partial charge in [0, 0.05) is 38.8 Å². The molecule has 1 aromatic heterocycles. The zero-order chi connectivity index (χ0) is 24.3. The van der Waals surface area contributed by atoms with Gasteiger partial charge in [-0.05, 0) is 48.0 Å². The van der Waals surface area contributed by atoms with Gasteiger partial charge in [0.1, 0.15) is 17.3 Å². The Balaban J connectivity index is 1.36. The van der Waals surface area contributed by atoms with E-state index in [0.717, 1.165) is 10.2 Å². The Hall–Kier alpha value is -3.73. The molecule has 0 N–H and O–H groups in total. The number of ether oxygens (including phenoxy) is 1. The molecule has 3 aromatic rings. The summed E-state index contributed by atoms with van der Waals surface area (Å²) in [6.07, 6.45) is -4.73. The van der Waals surface area contributed by atoms with E-state index in [0.29, 0.717) is 38.4 Å². The summed E-state index contributed by atoms with van der Waals surface area (Å²) in [6.45, 7) is 2.48. The molecule has 34 heavy (non-hydrogen) atoms. The van der Waals surface area contributed by atoms with Crippen molar-refractivity contribution < 1.29 is 27.1 Å². The zero-order valence-corrected chi connectivity index (χ0v) is 17.8. The fraction of sp³-hybridized carbons (Fsp3) is 0.261. The van der Waals surface area contributed by atoms with Gasteiger partial charge in [-0.3, -0.25) is 14.5 Å². The van der Waals surface area contributed by atoms with Crippen molar-refractivity contribution in [2.45, 2.75) is 12.9 Å². The van der Waals surface area contributed by atoms with Crippen molar-refractivity contribution in [2.75, 3.05) is 26.2 Å². The predicted octanol–water partition coefficient (Wildman–Crippen LogP) is 3.23. The third kappa shape index (κ3) is 5.79. The molecular formula is C23H20F4N4O3. The van der Waals surface area contributed by atoms with Gasteiger partial charge >= 0.3 is 6.36 Å². The summed E-state index contributed by atoms with van der Waals surface area (Å²) >= 11 is 0. The molecule has 2 heterocycles. The molecule has 0 bridgehead atoms. The smallest absolute Gasteiger partial charge is 0.406 e. The van der Waals surface area contributed by atoms with Crippen LogP contribution in [0.5, 0.6) is 5.75 Å². The number of carbonyl (C=O) groups excluding carboxylic acids is 1. The SMILES string of the molecule is O=C(c1ccc(=O)n(-c2ccc(F)cc2)n1)N1CCN(Cc2ccc(OC(F)(F)F)cc2)CC1. The van der Waals surface area contributed by atoms with Crippen molar-refractivity contribution in [1.82, 2.24) is 19.6 Å². The van der Waals surface area contributed by atoms with E-state index < -0.39 is 17.7 Å². The van der Waals surface area contributed by atoms with Crippen LogP contribution >= 0.6 is 0 Å². The molecule has 11 heteroatoms. The number of carbonyl (C=O) groups is 1. The Labute approximate surface area is 191 Å². The third-order valence-corrected chi connectivity index (χ3v) is 5.31. The molecule has 178 valence electrons. The lowest BCUT2D eigenvalue weighted by Crippen LogP contribution is -2.48. The molecule has 4 rings (SSSR count). The van der Waals surface area contributed by atoms with Crippen LogP contribution in [0, 0.1) is 5.82 Å². The van der Waals surface area contributed by atoms with Crippen LogP contribution < -0.4 is 10.3 Å². The Morgan fingerprint density at radius 3 is 2.18 bits per heavy atom. The third-order valence-electron chi connectivity index (χ3n) is 5.31. The van der Waals surface area contributed by atoms with Crippen LogP contribution in [0.25, 0.3) is 5.69 Å². The van der Waals surface area contributed by atoms with Gasteiger partial charge in [0.05, 0.1) is 5.69 Å². The second-order valence-electron chi connectivity index (χ2n) is 7.71. The number of aromatic nitrogens is 2. The summed E-state index contributed by atoms with van der Waals surface area (Å²) in [5.41, 5.74) is 0.817. The molecule has 0 unspecified atom stereocenters. The van der Waals surface area contributed by atoms with E-state index >= 15 is 0 Å². The summed E-state index contributed by atoms with van der Waals surface area (Å²) in [6, 6.07) is 13.5. The standard InChI is InChI=1S/C23H20F4N4O3/c24-17-3-5-18(6-4-17)31-21(32)10-9-20(28-31)22(33)30-13-11-29(12-14-30)15-16-1-7-19(8-2-16)34-23(25,26)27/h1-10H,11-15H2. The molecule has 1 fully saturated rings. The van der Waals surface area contributed by atoms with Crippen LogP contribution in [0.1, 0.15) is 16.1 Å². The number of amides is 1. The highest BCUT2D eigenvalue weighted by Gasteiger charge is 2.31. The van der Waals surface area contributed by atoms with E-state index in [4.69, 9.17) is 0 Å². The highest BCUT2D eigenvalue weighted by Crippen LogP contribution is 2.23. The summed E-state index contributed by atoms with van der Waals surface area (Å²) in [5.74, 6) is -1.06. The topological polar surface area (TPSA) is 67.7 Å². The fourth-order valence-electron chi connectivity index (χ4n) is 3.62. The van der Waals surface area contributed by atoms with Crippen molar-refractivity contribution in [3.8, 4) is 11.4 Å². The van der Waals surface area contributed by atoms with Gasteiger partial charge in [0.15, 0.2) is 0 Å². The number of nitrogens with zero attached hydrogens (tertiary/aromatic N) is 4. The van der Waals surface area contributed by atoms with Crippen molar-refractivity contribution >= 4 is 5.91 Å². The maximum atomic E-state index is 13.2. The number of hydrogen-bond acceptors (Lipinski definition) is 5. The Kier molecular flexibility index (Phi) is 6.64. The number of benzene rings is 2. The molecular weight excluding hydrogens is 456 g/mol. The lowest BCUT2D eigenvalue weighted by Gasteiger charge is -2.34. The van der Waals surface area contributed by atoms with E-state index in [2.05, 4.69) is 14.7 Å². The highest BCUT2D eigenvalue weighted by atomic mass is 19.4. The monoisotopic (exact) mass is 476 g/mol. The van der Waals surface area contributed by atoms with Gasteiger partial charge in [-0.25, -0.2) is 4.39 Å². The first-order valence-electron chi connectivity index (χ1n) is 10.4. The predicted molar refractivity (Wildman–Crippen MR) is 114 cm³/mol. The quantitative estimate of drug-likeness (QED) is 0.529. The fourth-order valence-corrected chi connectivity index (χ4v) is 3.62. The lowest BCUT2D eigenvalue weighted by atomic mass is 10.2. The van der Waals surface area contributed by atoms with Gasteiger partial charge in [0.25, 0.3) is 11.5 Å². The zero-order valence-electron chi connectivity index (χ0n) is 17.8. The summed E-state index contributed by atoms with van der Waals surface area (Å²) in [7, 11) is 0. The minimum absolute atomic E-state index is 0.0950. The van der Waals surface area contributed by atoms with Crippen molar-refractivity contribution in [2.24, 2.45) is 0 Å². The Bertz CT molecular complexity index is 1200. The second kappa shape index (κ2) is 9.64. The van der Waals surface area contributed by atoms with Gasteiger partial charge in [0.2, 0.25) is 0 Å². The van der Waals surface area contributed by atoms with Gasteiger partial charge < -0.3 is 9.64 Å². The average Bonchev–Trinajstić information content (AvgIpc) is 2.80.